The molecule has 0 aliphatic carbocycles. The van der Waals surface area contributed by atoms with Gasteiger partial charge in [0.15, 0.2) is 0 Å². The highest BCUT2D eigenvalue weighted by molar-refractivity contribution is 5.20. The van der Waals surface area contributed by atoms with Crippen molar-refractivity contribution in [1.29, 1.82) is 0 Å². The first-order chi connectivity index (χ1) is 10.2. The molecular weight excluding hydrogens is 272 g/mol. The molecule has 0 rings (SSSR count). The van der Waals surface area contributed by atoms with E-state index in [1.54, 1.807) is 0 Å². The topological polar surface area (TPSA) is 18.5 Å². The van der Waals surface area contributed by atoms with Gasteiger partial charge in [0.05, 0.1) is 0 Å². The third kappa shape index (κ3) is 9.49. The third-order valence-electron chi connectivity index (χ3n) is 3.91. The minimum absolute atomic E-state index is 0.366. The molecule has 0 aromatic rings. The molecule has 0 heterocycles. The van der Waals surface area contributed by atoms with E-state index in [1.165, 1.54) is 0 Å². The van der Waals surface area contributed by atoms with Crippen LogP contribution in [-0.2, 0) is 9.47 Å². The van der Waals surface area contributed by atoms with Crippen LogP contribution < -0.4 is 0 Å². The molecule has 0 aromatic carbocycles. The molecule has 0 N–H and O–H groups in total. The fourth-order valence-corrected chi connectivity index (χ4v) is 2.37. The van der Waals surface area contributed by atoms with Crippen LogP contribution in [0, 0.1) is 23.7 Å². The molecule has 0 saturated carbocycles. The summed E-state index contributed by atoms with van der Waals surface area (Å²) in [5, 5.41) is 0. The Bertz CT molecular complexity index is 318. The highest BCUT2D eigenvalue weighted by atomic mass is 16.5. The molecule has 2 nitrogen and oxygen atoms in total. The summed E-state index contributed by atoms with van der Waals surface area (Å²) in [6, 6.07) is 0. The average molecular weight is 311 g/mol. The first-order valence-corrected chi connectivity index (χ1v) is 8.98. The Labute approximate surface area is 139 Å². The number of rotatable bonds is 10. The molecule has 0 radical (unpaired) electrons. The van der Waals surface area contributed by atoms with Crippen molar-refractivity contribution < 1.29 is 9.47 Å². The van der Waals surface area contributed by atoms with Crippen molar-refractivity contribution in [3.8, 4) is 11.8 Å². The zero-order valence-electron chi connectivity index (χ0n) is 16.2. The van der Waals surface area contributed by atoms with Crippen LogP contribution in [0.5, 0.6) is 0 Å². The molecule has 2 unspecified atom stereocenters. The van der Waals surface area contributed by atoms with Crippen molar-refractivity contribution in [3.63, 3.8) is 0 Å². The second-order valence-corrected chi connectivity index (χ2v) is 7.44. The number of hydrogen-bond acceptors (Lipinski definition) is 2. The Morgan fingerprint density at radius 3 is 1.27 bits per heavy atom. The van der Waals surface area contributed by atoms with E-state index in [-0.39, 0.29) is 11.2 Å². The minimum Gasteiger partial charge on any atom is -0.363 e. The summed E-state index contributed by atoms with van der Waals surface area (Å²) in [5.41, 5.74) is -0.732. The van der Waals surface area contributed by atoms with Gasteiger partial charge in [0.25, 0.3) is 0 Å². The van der Waals surface area contributed by atoms with Gasteiger partial charge in [-0.3, -0.25) is 0 Å². The Morgan fingerprint density at radius 1 is 0.727 bits per heavy atom. The zero-order chi connectivity index (χ0) is 17.2. The Kier molecular flexibility index (Phi) is 10.0. The van der Waals surface area contributed by atoms with Crippen molar-refractivity contribution in [2.24, 2.45) is 11.8 Å². The molecule has 0 aliphatic rings. The standard InChI is InChI=1S/C20H38O2/c1-9-21-19(7,13-11-17(3)4)15-16-20(8,22-10-2)14-12-18(5)6/h17-18H,9-14H2,1-8H3. The van der Waals surface area contributed by atoms with Gasteiger partial charge in [0.1, 0.15) is 11.2 Å². The van der Waals surface area contributed by atoms with Gasteiger partial charge in [-0.2, -0.15) is 0 Å². The van der Waals surface area contributed by atoms with Crippen molar-refractivity contribution in [3.05, 3.63) is 0 Å². The predicted octanol–water partition coefficient (Wildman–Crippen LogP) is 5.45. The summed E-state index contributed by atoms with van der Waals surface area (Å²) in [6.45, 7) is 18.7. The van der Waals surface area contributed by atoms with Crippen LogP contribution in [0.2, 0.25) is 0 Å². The lowest BCUT2D eigenvalue weighted by Gasteiger charge is -2.28. The van der Waals surface area contributed by atoms with Crippen LogP contribution in [0.1, 0.15) is 81.1 Å². The van der Waals surface area contributed by atoms with Crippen molar-refractivity contribution in [1.82, 2.24) is 0 Å². The van der Waals surface area contributed by atoms with Gasteiger partial charge in [0.2, 0.25) is 0 Å². The van der Waals surface area contributed by atoms with Gasteiger partial charge in [-0.05, 0) is 65.2 Å². The van der Waals surface area contributed by atoms with E-state index in [9.17, 15) is 0 Å². The fraction of sp³-hybridized carbons (Fsp3) is 0.900. The van der Waals surface area contributed by atoms with Crippen LogP contribution in [0.4, 0.5) is 0 Å². The zero-order valence-corrected chi connectivity index (χ0v) is 16.2. The van der Waals surface area contributed by atoms with Gasteiger partial charge >= 0.3 is 0 Å². The Morgan fingerprint density at radius 2 is 1.05 bits per heavy atom. The molecule has 0 aromatic heterocycles. The molecule has 0 bridgehead atoms. The first-order valence-electron chi connectivity index (χ1n) is 8.98. The molecule has 2 heteroatoms. The van der Waals surface area contributed by atoms with Crippen molar-refractivity contribution in [2.45, 2.75) is 92.3 Å². The molecule has 22 heavy (non-hydrogen) atoms. The maximum absolute atomic E-state index is 5.95. The van der Waals surface area contributed by atoms with Gasteiger partial charge in [-0.15, -0.1) is 0 Å². The summed E-state index contributed by atoms with van der Waals surface area (Å²) >= 11 is 0. The Hall–Kier alpha value is -0.520. The van der Waals surface area contributed by atoms with Gasteiger partial charge in [-0.25, -0.2) is 0 Å². The molecule has 0 fully saturated rings. The lowest BCUT2D eigenvalue weighted by molar-refractivity contribution is 0.00268. The Balaban J connectivity index is 5.06. The van der Waals surface area contributed by atoms with E-state index in [1.807, 2.05) is 13.8 Å². The van der Waals surface area contributed by atoms with Crippen LogP contribution in [0.15, 0.2) is 0 Å². The van der Waals surface area contributed by atoms with E-state index < -0.39 is 0 Å². The third-order valence-corrected chi connectivity index (χ3v) is 3.91. The highest BCUT2D eigenvalue weighted by Crippen LogP contribution is 2.24. The van der Waals surface area contributed by atoms with Gasteiger partial charge in [-0.1, -0.05) is 39.5 Å². The molecular formula is C20H38O2. The van der Waals surface area contributed by atoms with E-state index in [0.717, 1.165) is 25.7 Å². The van der Waals surface area contributed by atoms with E-state index in [0.29, 0.717) is 25.0 Å². The normalized spacial score (nSPS) is 17.0. The quantitative estimate of drug-likeness (QED) is 0.499. The van der Waals surface area contributed by atoms with E-state index in [2.05, 4.69) is 53.4 Å². The van der Waals surface area contributed by atoms with E-state index in [4.69, 9.17) is 9.47 Å². The molecule has 0 spiro atoms. The summed E-state index contributed by atoms with van der Waals surface area (Å²) < 4.78 is 11.9. The van der Waals surface area contributed by atoms with Crippen LogP contribution in [-0.4, -0.2) is 24.4 Å². The first kappa shape index (κ1) is 21.5. The molecule has 0 saturated heterocycles. The molecule has 0 aliphatic heterocycles. The highest BCUT2D eigenvalue weighted by Gasteiger charge is 2.26. The second-order valence-electron chi connectivity index (χ2n) is 7.44. The average Bonchev–Trinajstić information content (AvgIpc) is 2.42. The van der Waals surface area contributed by atoms with Crippen molar-refractivity contribution in [2.75, 3.05) is 13.2 Å². The lowest BCUT2D eigenvalue weighted by atomic mass is 9.91. The minimum atomic E-state index is -0.366. The van der Waals surface area contributed by atoms with E-state index >= 15 is 0 Å². The van der Waals surface area contributed by atoms with Gasteiger partial charge < -0.3 is 9.47 Å². The van der Waals surface area contributed by atoms with Gasteiger partial charge in [0, 0.05) is 13.2 Å². The molecule has 130 valence electrons. The van der Waals surface area contributed by atoms with Crippen LogP contribution in [0.3, 0.4) is 0 Å². The summed E-state index contributed by atoms with van der Waals surface area (Å²) in [7, 11) is 0. The lowest BCUT2D eigenvalue weighted by Crippen LogP contribution is -2.31. The summed E-state index contributed by atoms with van der Waals surface area (Å²) in [4.78, 5) is 0. The van der Waals surface area contributed by atoms with Crippen LogP contribution >= 0.6 is 0 Å². The maximum Gasteiger partial charge on any atom is 0.126 e. The molecule has 2 atom stereocenters. The summed E-state index contributed by atoms with van der Waals surface area (Å²) in [6.07, 6.45) is 4.20. The molecule has 0 amide bonds. The fourth-order valence-electron chi connectivity index (χ4n) is 2.37. The SMILES string of the molecule is CCOC(C)(C#CC(C)(CCC(C)C)OCC)CCC(C)C. The second kappa shape index (κ2) is 10.3. The maximum atomic E-state index is 5.95. The summed E-state index contributed by atoms with van der Waals surface area (Å²) in [5.74, 6) is 8.14. The largest absolute Gasteiger partial charge is 0.363 e. The van der Waals surface area contributed by atoms with Crippen molar-refractivity contribution >= 4 is 0 Å². The monoisotopic (exact) mass is 310 g/mol. The number of hydrogen-bond donors (Lipinski definition) is 0. The number of ether oxygens (including phenoxy) is 2. The smallest absolute Gasteiger partial charge is 0.126 e. The predicted molar refractivity (Wildman–Crippen MR) is 96.0 cm³/mol. The van der Waals surface area contributed by atoms with Crippen LogP contribution in [0.25, 0.3) is 0 Å².